The van der Waals surface area contributed by atoms with Gasteiger partial charge in [0.1, 0.15) is 0 Å². The van der Waals surface area contributed by atoms with E-state index in [0.717, 1.165) is 0 Å². The zero-order valence-electron chi connectivity index (χ0n) is 10.2. The second-order valence-electron chi connectivity index (χ2n) is 4.37. The molecule has 0 saturated heterocycles. The molecular formula is C12H16Cl2N2O2. The highest BCUT2D eigenvalue weighted by Gasteiger charge is 2.19. The molecule has 4 N–H and O–H groups in total. The molecule has 0 bridgehead atoms. The van der Waals surface area contributed by atoms with E-state index in [2.05, 4.69) is 5.32 Å². The first-order valence-corrected chi connectivity index (χ1v) is 6.28. The molecule has 0 fully saturated rings. The molecule has 0 aliphatic rings. The summed E-state index contributed by atoms with van der Waals surface area (Å²) in [6, 6.07) is 2.60. The van der Waals surface area contributed by atoms with Gasteiger partial charge in [-0.2, -0.15) is 0 Å². The van der Waals surface area contributed by atoms with Crippen molar-refractivity contribution in [2.45, 2.75) is 19.9 Å². The number of hydrogen-bond donors (Lipinski definition) is 3. The smallest absolute Gasteiger partial charge is 0.253 e. The van der Waals surface area contributed by atoms with E-state index in [-0.39, 0.29) is 34.2 Å². The van der Waals surface area contributed by atoms with Crippen molar-refractivity contribution in [2.24, 2.45) is 5.92 Å². The lowest BCUT2D eigenvalue weighted by Gasteiger charge is -2.20. The van der Waals surface area contributed by atoms with Crippen LogP contribution in [0.1, 0.15) is 24.2 Å². The molecule has 0 aromatic heterocycles. The average molecular weight is 291 g/mol. The van der Waals surface area contributed by atoms with Crippen LogP contribution in [0.3, 0.4) is 0 Å². The number of aliphatic hydroxyl groups excluding tert-OH is 1. The number of carbonyl (C=O) groups is 1. The van der Waals surface area contributed by atoms with Crippen LogP contribution in [0.25, 0.3) is 0 Å². The van der Waals surface area contributed by atoms with E-state index in [9.17, 15) is 9.90 Å². The van der Waals surface area contributed by atoms with E-state index in [0.29, 0.717) is 5.69 Å². The Hall–Kier alpha value is -0.970. The van der Waals surface area contributed by atoms with E-state index in [1.807, 2.05) is 13.8 Å². The third-order valence-electron chi connectivity index (χ3n) is 2.61. The Morgan fingerprint density at radius 3 is 2.56 bits per heavy atom. The van der Waals surface area contributed by atoms with Crippen molar-refractivity contribution in [1.82, 2.24) is 5.32 Å². The van der Waals surface area contributed by atoms with Crippen molar-refractivity contribution in [3.63, 3.8) is 0 Å². The first kappa shape index (κ1) is 15.1. The Bertz CT molecular complexity index is 450. The van der Waals surface area contributed by atoms with Gasteiger partial charge in [0.25, 0.3) is 5.91 Å². The fraction of sp³-hybridized carbons (Fsp3) is 0.417. The Kier molecular flexibility index (Phi) is 5.26. The highest BCUT2D eigenvalue weighted by atomic mass is 35.5. The Morgan fingerprint density at radius 1 is 1.44 bits per heavy atom. The largest absolute Gasteiger partial charge is 0.399 e. The molecule has 0 aliphatic carbocycles. The highest BCUT2D eigenvalue weighted by Crippen LogP contribution is 2.28. The summed E-state index contributed by atoms with van der Waals surface area (Å²) in [7, 11) is 0. The topological polar surface area (TPSA) is 75.3 Å². The molecule has 0 radical (unpaired) electrons. The van der Waals surface area contributed by atoms with Gasteiger partial charge in [0.15, 0.2) is 0 Å². The van der Waals surface area contributed by atoms with Gasteiger partial charge in [-0.05, 0) is 18.1 Å². The summed E-state index contributed by atoms with van der Waals surface area (Å²) in [5.41, 5.74) is 6.19. The number of nitrogens with two attached hydrogens (primary N) is 1. The molecule has 0 aliphatic heterocycles. The Labute approximate surface area is 116 Å². The van der Waals surface area contributed by atoms with Gasteiger partial charge in [0.2, 0.25) is 0 Å². The standard InChI is InChI=1S/C12H16Cl2N2O2/c1-6(2)10(5-17)16-12(18)8-3-7(15)4-9(13)11(8)14/h3-4,6,10,17H,5,15H2,1-2H3,(H,16,18). The molecule has 0 saturated carbocycles. The summed E-state index contributed by atoms with van der Waals surface area (Å²) in [5, 5.41) is 12.2. The van der Waals surface area contributed by atoms with Crippen molar-refractivity contribution < 1.29 is 9.90 Å². The maximum absolute atomic E-state index is 12.0. The lowest BCUT2D eigenvalue weighted by atomic mass is 10.0. The summed E-state index contributed by atoms with van der Waals surface area (Å²) in [4.78, 5) is 12.0. The van der Waals surface area contributed by atoms with Crippen LogP contribution >= 0.6 is 23.2 Å². The van der Waals surface area contributed by atoms with E-state index < -0.39 is 5.91 Å². The molecule has 100 valence electrons. The zero-order chi connectivity index (χ0) is 13.9. The maximum atomic E-state index is 12.0. The van der Waals surface area contributed by atoms with E-state index in [4.69, 9.17) is 28.9 Å². The van der Waals surface area contributed by atoms with Crippen LogP contribution in [0.4, 0.5) is 5.69 Å². The SMILES string of the molecule is CC(C)C(CO)NC(=O)c1cc(N)cc(Cl)c1Cl. The molecule has 1 atom stereocenters. The quantitative estimate of drug-likeness (QED) is 0.745. The number of hydrogen-bond acceptors (Lipinski definition) is 3. The molecule has 0 heterocycles. The molecule has 1 rings (SSSR count). The van der Waals surface area contributed by atoms with Crippen LogP contribution in [0.15, 0.2) is 12.1 Å². The summed E-state index contributed by atoms with van der Waals surface area (Å²) < 4.78 is 0. The Balaban J connectivity index is 2.97. The normalized spacial score (nSPS) is 12.6. The number of carbonyl (C=O) groups excluding carboxylic acids is 1. The number of aliphatic hydroxyl groups is 1. The lowest BCUT2D eigenvalue weighted by molar-refractivity contribution is 0.0897. The summed E-state index contributed by atoms with van der Waals surface area (Å²) in [6.45, 7) is 3.65. The number of halogens is 2. The van der Waals surface area contributed by atoms with Gasteiger partial charge in [0, 0.05) is 5.69 Å². The highest BCUT2D eigenvalue weighted by molar-refractivity contribution is 6.44. The number of nitrogen functional groups attached to an aromatic ring is 1. The molecule has 4 nitrogen and oxygen atoms in total. The van der Waals surface area contributed by atoms with Crippen LogP contribution in [0.2, 0.25) is 10.0 Å². The number of amides is 1. The monoisotopic (exact) mass is 290 g/mol. The van der Waals surface area contributed by atoms with Gasteiger partial charge in [-0.3, -0.25) is 4.79 Å². The predicted molar refractivity (Wildman–Crippen MR) is 74.1 cm³/mol. The van der Waals surface area contributed by atoms with Crippen molar-refractivity contribution >= 4 is 34.8 Å². The minimum atomic E-state index is -0.401. The van der Waals surface area contributed by atoms with E-state index in [1.54, 1.807) is 0 Å². The number of rotatable bonds is 4. The molecule has 1 amide bonds. The summed E-state index contributed by atoms with van der Waals surface area (Å²) >= 11 is 11.8. The summed E-state index contributed by atoms with van der Waals surface area (Å²) in [6.07, 6.45) is 0. The molecule has 0 spiro atoms. The number of nitrogens with one attached hydrogen (secondary N) is 1. The van der Waals surface area contributed by atoms with Crippen molar-refractivity contribution in [3.8, 4) is 0 Å². The van der Waals surface area contributed by atoms with Crippen LogP contribution in [-0.2, 0) is 0 Å². The fourth-order valence-electron chi connectivity index (χ4n) is 1.44. The number of anilines is 1. The third kappa shape index (κ3) is 3.51. The average Bonchev–Trinajstić information content (AvgIpc) is 2.29. The van der Waals surface area contributed by atoms with Crippen molar-refractivity contribution in [3.05, 3.63) is 27.7 Å². The van der Waals surface area contributed by atoms with Crippen LogP contribution in [-0.4, -0.2) is 23.7 Å². The van der Waals surface area contributed by atoms with Gasteiger partial charge in [-0.1, -0.05) is 37.0 Å². The maximum Gasteiger partial charge on any atom is 0.253 e. The zero-order valence-corrected chi connectivity index (χ0v) is 11.7. The second kappa shape index (κ2) is 6.27. The minimum absolute atomic E-state index is 0.106. The van der Waals surface area contributed by atoms with Gasteiger partial charge in [-0.15, -0.1) is 0 Å². The Morgan fingerprint density at radius 2 is 2.06 bits per heavy atom. The summed E-state index contributed by atoms with van der Waals surface area (Å²) in [5.74, 6) is -0.295. The first-order valence-electron chi connectivity index (χ1n) is 5.53. The molecule has 6 heteroatoms. The van der Waals surface area contributed by atoms with Crippen LogP contribution < -0.4 is 11.1 Å². The fourth-order valence-corrected chi connectivity index (χ4v) is 1.87. The van der Waals surface area contributed by atoms with E-state index >= 15 is 0 Å². The van der Waals surface area contributed by atoms with Gasteiger partial charge in [0.05, 0.1) is 28.3 Å². The van der Waals surface area contributed by atoms with Crippen LogP contribution in [0, 0.1) is 5.92 Å². The van der Waals surface area contributed by atoms with Crippen molar-refractivity contribution in [2.75, 3.05) is 12.3 Å². The van der Waals surface area contributed by atoms with Gasteiger partial charge < -0.3 is 16.2 Å². The van der Waals surface area contributed by atoms with Gasteiger partial charge >= 0.3 is 0 Å². The minimum Gasteiger partial charge on any atom is -0.399 e. The molecule has 18 heavy (non-hydrogen) atoms. The second-order valence-corrected chi connectivity index (χ2v) is 5.16. The predicted octanol–water partition coefficient (Wildman–Crippen LogP) is 2.32. The molecular weight excluding hydrogens is 275 g/mol. The number of benzene rings is 1. The lowest BCUT2D eigenvalue weighted by Crippen LogP contribution is -2.41. The van der Waals surface area contributed by atoms with Gasteiger partial charge in [-0.25, -0.2) is 0 Å². The van der Waals surface area contributed by atoms with Crippen molar-refractivity contribution in [1.29, 1.82) is 0 Å². The van der Waals surface area contributed by atoms with Crippen LogP contribution in [0.5, 0.6) is 0 Å². The van der Waals surface area contributed by atoms with E-state index in [1.165, 1.54) is 12.1 Å². The third-order valence-corrected chi connectivity index (χ3v) is 3.42. The molecule has 1 aromatic carbocycles. The first-order chi connectivity index (χ1) is 8.36. The molecule has 1 unspecified atom stereocenters. The molecule has 1 aromatic rings.